The van der Waals surface area contributed by atoms with Crippen molar-refractivity contribution in [2.45, 2.75) is 43.9 Å². The molecule has 0 saturated heterocycles. The molecular weight excluding hydrogens is 437 g/mol. The number of nitrogens with zero attached hydrogens (tertiary/aromatic N) is 5. The maximum atomic E-state index is 13.7. The van der Waals surface area contributed by atoms with Crippen molar-refractivity contribution in [1.82, 2.24) is 24.6 Å². The Bertz CT molecular complexity index is 1280. The number of hydrogen-bond acceptors (Lipinski definition) is 6. The molecule has 6 rings (SSSR count). The van der Waals surface area contributed by atoms with Gasteiger partial charge in [-0.1, -0.05) is 12.1 Å². The molecule has 2 aliphatic heterocycles. The number of ether oxygens (including phenoxy) is 1. The number of aryl methyl sites for hydroxylation is 2. The molecule has 0 bridgehead atoms. The zero-order valence-electron chi connectivity index (χ0n) is 17.6. The second-order valence-electron chi connectivity index (χ2n) is 8.56. The van der Waals surface area contributed by atoms with Gasteiger partial charge in [-0.25, -0.2) is 4.98 Å². The molecule has 1 N–H and O–H groups in total. The minimum Gasteiger partial charge on any atom is -0.437 e. The van der Waals surface area contributed by atoms with E-state index in [1.165, 1.54) is 6.07 Å². The maximum Gasteiger partial charge on any atom is 0.423 e. The lowest BCUT2D eigenvalue weighted by molar-refractivity contribution is -0.139. The average Bonchev–Trinajstić information content (AvgIpc) is 3.24. The standard InChI is InChI=1S/C22H19F3N6O2/c1-30-19(32)17-13(21(30)7-8-21)5-2-6-15(17)33-18-14(22(23,24)25)11-26-20(28-18)27-16-10-12-4-3-9-31(12)29-16/h2,5-6,10-11H,3-4,7-9H2,1H3,(H,26,27,28,29). The second kappa shape index (κ2) is 6.69. The average molecular weight is 456 g/mol. The van der Waals surface area contributed by atoms with Crippen LogP contribution in [0.25, 0.3) is 0 Å². The predicted molar refractivity (Wildman–Crippen MR) is 110 cm³/mol. The van der Waals surface area contributed by atoms with E-state index < -0.39 is 17.6 Å². The van der Waals surface area contributed by atoms with Gasteiger partial charge >= 0.3 is 6.18 Å². The number of benzene rings is 1. The minimum absolute atomic E-state index is 0.0456. The Morgan fingerprint density at radius 3 is 2.79 bits per heavy atom. The summed E-state index contributed by atoms with van der Waals surface area (Å²) in [6, 6.07) is 6.82. The Hall–Kier alpha value is -3.63. The summed E-state index contributed by atoms with van der Waals surface area (Å²) in [6.07, 6.45) is -0.535. The van der Waals surface area contributed by atoms with Crippen molar-refractivity contribution in [3.8, 4) is 11.6 Å². The molecule has 4 heterocycles. The van der Waals surface area contributed by atoms with E-state index in [2.05, 4.69) is 20.4 Å². The first kappa shape index (κ1) is 20.0. The van der Waals surface area contributed by atoms with Crippen LogP contribution in [-0.4, -0.2) is 37.6 Å². The Labute approximate surface area is 186 Å². The molecule has 3 aliphatic rings. The van der Waals surface area contributed by atoms with Crippen LogP contribution in [0.4, 0.5) is 24.9 Å². The molecule has 0 radical (unpaired) electrons. The zero-order chi connectivity index (χ0) is 23.0. The highest BCUT2D eigenvalue weighted by atomic mass is 19.4. The molecule has 11 heteroatoms. The van der Waals surface area contributed by atoms with Gasteiger partial charge in [-0.2, -0.15) is 23.3 Å². The lowest BCUT2D eigenvalue weighted by Crippen LogP contribution is -2.28. The largest absolute Gasteiger partial charge is 0.437 e. The lowest BCUT2D eigenvalue weighted by atomic mass is 10.0. The fourth-order valence-electron chi connectivity index (χ4n) is 4.73. The number of anilines is 2. The minimum atomic E-state index is -4.74. The van der Waals surface area contributed by atoms with Crippen molar-refractivity contribution in [2.24, 2.45) is 0 Å². The Kier molecular flexibility index (Phi) is 4.06. The highest BCUT2D eigenvalue weighted by Gasteiger charge is 2.57. The van der Waals surface area contributed by atoms with Crippen LogP contribution in [0.1, 0.15) is 46.4 Å². The molecule has 3 aromatic rings. The van der Waals surface area contributed by atoms with E-state index in [1.54, 1.807) is 18.0 Å². The number of halogens is 3. The van der Waals surface area contributed by atoms with Gasteiger partial charge in [-0.05, 0) is 37.3 Å². The highest BCUT2D eigenvalue weighted by molar-refractivity contribution is 6.03. The van der Waals surface area contributed by atoms with Gasteiger partial charge in [0.2, 0.25) is 11.8 Å². The van der Waals surface area contributed by atoms with Gasteiger partial charge in [0.05, 0.1) is 11.1 Å². The van der Waals surface area contributed by atoms with Gasteiger partial charge in [-0.3, -0.25) is 9.48 Å². The predicted octanol–water partition coefficient (Wildman–Crippen LogP) is 4.25. The summed E-state index contributed by atoms with van der Waals surface area (Å²) in [6.45, 7) is 0.794. The number of alkyl halides is 3. The number of nitrogens with one attached hydrogen (secondary N) is 1. The molecule has 1 amide bonds. The van der Waals surface area contributed by atoms with Crippen molar-refractivity contribution in [3.05, 3.63) is 52.8 Å². The molecule has 1 spiro atoms. The summed E-state index contributed by atoms with van der Waals surface area (Å²) >= 11 is 0. The summed E-state index contributed by atoms with van der Waals surface area (Å²) in [5, 5.41) is 7.22. The summed E-state index contributed by atoms with van der Waals surface area (Å²) in [4.78, 5) is 22.3. The lowest BCUT2D eigenvalue weighted by Gasteiger charge is -2.18. The van der Waals surface area contributed by atoms with E-state index in [0.717, 1.165) is 43.5 Å². The van der Waals surface area contributed by atoms with E-state index in [1.807, 2.05) is 16.8 Å². The van der Waals surface area contributed by atoms with Gasteiger partial charge in [0.25, 0.3) is 5.91 Å². The zero-order valence-corrected chi connectivity index (χ0v) is 17.6. The van der Waals surface area contributed by atoms with Gasteiger partial charge in [0, 0.05) is 31.5 Å². The number of carbonyl (C=O) groups excluding carboxylic acids is 1. The fraction of sp³-hybridized carbons (Fsp3) is 0.364. The number of hydrogen-bond donors (Lipinski definition) is 1. The molecule has 0 atom stereocenters. The number of aromatic nitrogens is 4. The van der Waals surface area contributed by atoms with Crippen LogP contribution in [0, 0.1) is 0 Å². The van der Waals surface area contributed by atoms with Crippen LogP contribution in [0.5, 0.6) is 11.6 Å². The molecule has 1 aliphatic carbocycles. The topological polar surface area (TPSA) is 85.2 Å². The molecule has 1 fully saturated rings. The number of carbonyl (C=O) groups is 1. The van der Waals surface area contributed by atoms with Crippen molar-refractivity contribution in [3.63, 3.8) is 0 Å². The van der Waals surface area contributed by atoms with Crippen LogP contribution in [0.2, 0.25) is 0 Å². The van der Waals surface area contributed by atoms with E-state index in [9.17, 15) is 18.0 Å². The summed E-state index contributed by atoms with van der Waals surface area (Å²) in [5.41, 5.74) is 0.596. The molecule has 1 aromatic carbocycles. The first-order chi connectivity index (χ1) is 15.8. The van der Waals surface area contributed by atoms with Crippen LogP contribution in [0.3, 0.4) is 0 Å². The van der Waals surface area contributed by atoms with Crippen molar-refractivity contribution in [1.29, 1.82) is 0 Å². The number of fused-ring (bicyclic) bond motifs is 3. The molecule has 0 unspecified atom stereocenters. The number of rotatable bonds is 4. The normalized spacial score (nSPS) is 17.9. The summed E-state index contributed by atoms with van der Waals surface area (Å²) in [5.74, 6) is -0.531. The van der Waals surface area contributed by atoms with E-state index in [-0.39, 0.29) is 28.7 Å². The molecule has 2 aromatic heterocycles. The molecular formula is C22H19F3N6O2. The summed E-state index contributed by atoms with van der Waals surface area (Å²) < 4.78 is 48.6. The Balaban J connectivity index is 1.37. The van der Waals surface area contributed by atoms with E-state index >= 15 is 0 Å². The van der Waals surface area contributed by atoms with Crippen LogP contribution in [0.15, 0.2) is 30.5 Å². The van der Waals surface area contributed by atoms with Gasteiger partial charge in [-0.15, -0.1) is 0 Å². The third-order valence-corrected chi connectivity index (χ3v) is 6.58. The van der Waals surface area contributed by atoms with E-state index in [0.29, 0.717) is 12.0 Å². The fourth-order valence-corrected chi connectivity index (χ4v) is 4.73. The molecule has 170 valence electrons. The van der Waals surface area contributed by atoms with Crippen molar-refractivity contribution >= 4 is 17.7 Å². The maximum absolute atomic E-state index is 13.7. The Morgan fingerprint density at radius 1 is 1.24 bits per heavy atom. The van der Waals surface area contributed by atoms with Gasteiger partial charge in [0.1, 0.15) is 11.3 Å². The number of amides is 1. The quantitative estimate of drug-likeness (QED) is 0.632. The van der Waals surface area contributed by atoms with Crippen LogP contribution >= 0.6 is 0 Å². The molecule has 8 nitrogen and oxygen atoms in total. The Morgan fingerprint density at radius 2 is 2.06 bits per heavy atom. The smallest absolute Gasteiger partial charge is 0.423 e. The SMILES string of the molecule is CN1C(=O)c2c(Oc3nc(Nc4cc5n(n4)CCC5)ncc3C(F)(F)F)cccc2C12CC2. The third kappa shape index (κ3) is 3.05. The monoisotopic (exact) mass is 456 g/mol. The summed E-state index contributed by atoms with van der Waals surface area (Å²) in [7, 11) is 1.70. The van der Waals surface area contributed by atoms with E-state index in [4.69, 9.17) is 4.74 Å². The van der Waals surface area contributed by atoms with Crippen molar-refractivity contribution < 1.29 is 22.7 Å². The second-order valence-corrected chi connectivity index (χ2v) is 8.56. The van der Waals surface area contributed by atoms with Gasteiger partial charge < -0.3 is 15.0 Å². The first-order valence-corrected chi connectivity index (χ1v) is 10.6. The van der Waals surface area contributed by atoms with Gasteiger partial charge in [0.15, 0.2) is 5.82 Å². The van der Waals surface area contributed by atoms with Crippen LogP contribution in [-0.2, 0) is 24.7 Å². The molecule has 33 heavy (non-hydrogen) atoms. The molecule has 1 saturated carbocycles. The first-order valence-electron chi connectivity index (χ1n) is 10.6. The third-order valence-electron chi connectivity index (χ3n) is 6.58. The van der Waals surface area contributed by atoms with Crippen molar-refractivity contribution in [2.75, 3.05) is 12.4 Å². The highest BCUT2D eigenvalue weighted by Crippen LogP contribution is 2.57. The van der Waals surface area contributed by atoms with Crippen LogP contribution < -0.4 is 10.1 Å².